The minimum atomic E-state index is 0.437. The predicted octanol–water partition coefficient (Wildman–Crippen LogP) is 5.03. The number of rotatable bonds is 4. The lowest BCUT2D eigenvalue weighted by atomic mass is 9.89. The summed E-state index contributed by atoms with van der Waals surface area (Å²) in [6.45, 7) is 2.31. The van der Waals surface area contributed by atoms with Crippen molar-refractivity contribution < 1.29 is 9.15 Å². The summed E-state index contributed by atoms with van der Waals surface area (Å²) in [5, 5.41) is 10.9. The van der Waals surface area contributed by atoms with Gasteiger partial charge in [-0.3, -0.25) is 0 Å². The van der Waals surface area contributed by atoms with Crippen molar-refractivity contribution in [3.8, 4) is 17.2 Å². The third-order valence-corrected chi connectivity index (χ3v) is 6.99. The third kappa shape index (κ3) is 3.06. The van der Waals surface area contributed by atoms with Crippen molar-refractivity contribution in [3.63, 3.8) is 0 Å². The predicted molar refractivity (Wildman–Crippen MR) is 109 cm³/mol. The molecule has 0 aliphatic heterocycles. The highest BCUT2D eigenvalue weighted by molar-refractivity contribution is 7.99. The third-order valence-electron chi connectivity index (χ3n) is 4.98. The summed E-state index contributed by atoms with van der Waals surface area (Å²) in [6, 6.07) is 7.60. The summed E-state index contributed by atoms with van der Waals surface area (Å²) in [6.07, 6.45) is 5.02. The Morgan fingerprint density at radius 1 is 1.21 bits per heavy atom. The Morgan fingerprint density at radius 2 is 2.11 bits per heavy atom. The van der Waals surface area contributed by atoms with Crippen LogP contribution in [0.3, 0.4) is 0 Å². The molecule has 0 N–H and O–H groups in total. The molecule has 4 aromatic rings. The van der Waals surface area contributed by atoms with Crippen molar-refractivity contribution in [1.29, 1.82) is 0 Å². The minimum absolute atomic E-state index is 0.437. The van der Waals surface area contributed by atoms with Gasteiger partial charge in [0.2, 0.25) is 0 Å². The van der Waals surface area contributed by atoms with Gasteiger partial charge >= 0.3 is 0 Å². The molecule has 0 radical (unpaired) electrons. The largest absolute Gasteiger partial charge is 0.496 e. The van der Waals surface area contributed by atoms with E-state index in [-0.39, 0.29) is 0 Å². The second-order valence-corrected chi connectivity index (χ2v) is 8.91. The van der Waals surface area contributed by atoms with Crippen LogP contribution in [0.1, 0.15) is 23.8 Å². The number of para-hydroxylation sites is 1. The molecule has 0 spiro atoms. The summed E-state index contributed by atoms with van der Waals surface area (Å²) < 4.78 is 11.3. The van der Waals surface area contributed by atoms with Crippen LogP contribution in [0.2, 0.25) is 0 Å². The number of aromatic nitrogens is 4. The van der Waals surface area contributed by atoms with Gasteiger partial charge in [0.05, 0.1) is 12.7 Å². The molecule has 142 valence electrons. The van der Waals surface area contributed by atoms with Crippen molar-refractivity contribution in [3.05, 3.63) is 41.0 Å². The molecule has 8 heteroatoms. The van der Waals surface area contributed by atoms with Crippen molar-refractivity contribution in [2.24, 2.45) is 5.92 Å². The van der Waals surface area contributed by atoms with Gasteiger partial charge in [-0.25, -0.2) is 9.97 Å². The molecule has 3 aromatic heterocycles. The molecule has 5 rings (SSSR count). The Labute approximate surface area is 170 Å². The lowest BCUT2D eigenvalue weighted by molar-refractivity contribution is 0.411. The van der Waals surface area contributed by atoms with Crippen LogP contribution in [0.15, 0.2) is 45.3 Å². The molecule has 0 saturated heterocycles. The molecule has 1 aliphatic rings. The molecular weight excluding hydrogens is 392 g/mol. The van der Waals surface area contributed by atoms with E-state index in [0.29, 0.717) is 16.9 Å². The minimum Gasteiger partial charge on any atom is -0.496 e. The summed E-state index contributed by atoms with van der Waals surface area (Å²) in [7, 11) is 1.63. The molecule has 3 heterocycles. The average Bonchev–Trinajstić information content (AvgIpc) is 3.32. The fraction of sp³-hybridized carbons (Fsp3) is 0.300. The fourth-order valence-electron chi connectivity index (χ4n) is 3.59. The Hall–Kier alpha value is -2.45. The molecular formula is C20H18N4O2S2. The van der Waals surface area contributed by atoms with Gasteiger partial charge in [0.1, 0.15) is 21.9 Å². The van der Waals surface area contributed by atoms with E-state index >= 15 is 0 Å². The van der Waals surface area contributed by atoms with Crippen LogP contribution in [-0.2, 0) is 12.8 Å². The molecule has 0 saturated carbocycles. The van der Waals surface area contributed by atoms with Crippen LogP contribution >= 0.6 is 23.1 Å². The van der Waals surface area contributed by atoms with Crippen molar-refractivity contribution in [2.75, 3.05) is 7.11 Å². The maximum atomic E-state index is 5.91. The number of aryl methyl sites for hydroxylation is 1. The van der Waals surface area contributed by atoms with E-state index in [4.69, 9.17) is 9.15 Å². The van der Waals surface area contributed by atoms with E-state index in [9.17, 15) is 0 Å². The van der Waals surface area contributed by atoms with E-state index in [1.807, 2.05) is 24.3 Å². The van der Waals surface area contributed by atoms with Crippen LogP contribution < -0.4 is 4.74 Å². The highest BCUT2D eigenvalue weighted by atomic mass is 32.2. The van der Waals surface area contributed by atoms with Crippen molar-refractivity contribution in [1.82, 2.24) is 20.2 Å². The number of fused-ring (bicyclic) bond motifs is 3. The average molecular weight is 411 g/mol. The zero-order valence-corrected chi connectivity index (χ0v) is 17.1. The van der Waals surface area contributed by atoms with Crippen molar-refractivity contribution in [2.45, 2.75) is 36.4 Å². The Kier molecular flexibility index (Phi) is 4.52. The number of hydrogen-bond donors (Lipinski definition) is 0. The van der Waals surface area contributed by atoms with Gasteiger partial charge in [0.15, 0.2) is 0 Å². The number of nitrogens with zero attached hydrogens (tertiary/aromatic N) is 4. The molecule has 0 bridgehead atoms. The number of thiophene rings is 1. The van der Waals surface area contributed by atoms with Crippen molar-refractivity contribution >= 4 is 33.3 Å². The van der Waals surface area contributed by atoms with E-state index in [1.165, 1.54) is 28.6 Å². The van der Waals surface area contributed by atoms with Gasteiger partial charge in [-0.05, 0) is 54.6 Å². The van der Waals surface area contributed by atoms with Crippen LogP contribution in [0.5, 0.6) is 5.75 Å². The zero-order valence-electron chi connectivity index (χ0n) is 15.5. The first-order chi connectivity index (χ1) is 13.7. The Bertz CT molecular complexity index is 1150. The van der Waals surface area contributed by atoms with E-state index in [0.717, 1.165) is 39.6 Å². The maximum Gasteiger partial charge on any atom is 0.283 e. The summed E-state index contributed by atoms with van der Waals surface area (Å²) >= 11 is 3.19. The summed E-state index contributed by atoms with van der Waals surface area (Å²) in [5.41, 5.74) is 2.17. The first kappa shape index (κ1) is 17.6. The SMILES string of the molecule is COc1ccccc1-c1nnc(Sc2ncnc3sc4c(c23)CCC(C)C4)o1. The monoisotopic (exact) mass is 410 g/mol. The topological polar surface area (TPSA) is 73.9 Å². The second kappa shape index (κ2) is 7.18. The standard InChI is InChI=1S/C20H18N4O2S2/c1-11-7-8-13-15(9-11)27-18-16(13)19(22-10-21-18)28-20-24-23-17(26-20)12-5-3-4-6-14(12)25-2/h3-6,10-11H,7-9H2,1-2H3. The van der Waals surface area contributed by atoms with Gasteiger partial charge in [-0.15, -0.1) is 21.5 Å². The number of methoxy groups -OCH3 is 1. The highest BCUT2D eigenvalue weighted by Crippen LogP contribution is 2.42. The quantitative estimate of drug-likeness (QED) is 0.437. The molecule has 1 atom stereocenters. The molecule has 1 unspecified atom stereocenters. The van der Waals surface area contributed by atoms with Gasteiger partial charge in [0, 0.05) is 10.3 Å². The number of benzene rings is 1. The fourth-order valence-corrected chi connectivity index (χ4v) is 5.79. The number of hydrogen-bond acceptors (Lipinski definition) is 8. The lowest BCUT2D eigenvalue weighted by Crippen LogP contribution is -2.08. The molecule has 1 aromatic carbocycles. The normalized spacial score (nSPS) is 16.3. The Balaban J connectivity index is 1.51. The molecule has 6 nitrogen and oxygen atoms in total. The van der Waals surface area contributed by atoms with E-state index in [1.54, 1.807) is 24.8 Å². The lowest BCUT2D eigenvalue weighted by Gasteiger charge is -2.17. The van der Waals surface area contributed by atoms with Crippen LogP contribution in [0.4, 0.5) is 0 Å². The smallest absolute Gasteiger partial charge is 0.283 e. The highest BCUT2D eigenvalue weighted by Gasteiger charge is 2.24. The number of ether oxygens (including phenoxy) is 1. The molecule has 0 fully saturated rings. The second-order valence-electron chi connectivity index (χ2n) is 6.89. The summed E-state index contributed by atoms with van der Waals surface area (Å²) in [5.74, 6) is 1.86. The molecule has 0 amide bonds. The van der Waals surface area contributed by atoms with Crippen LogP contribution in [-0.4, -0.2) is 27.3 Å². The van der Waals surface area contributed by atoms with E-state index < -0.39 is 0 Å². The molecule has 28 heavy (non-hydrogen) atoms. The van der Waals surface area contributed by atoms with Crippen LogP contribution in [0.25, 0.3) is 21.7 Å². The summed E-state index contributed by atoms with van der Waals surface area (Å²) in [4.78, 5) is 11.5. The first-order valence-electron chi connectivity index (χ1n) is 9.13. The maximum absolute atomic E-state index is 5.91. The van der Waals surface area contributed by atoms with Gasteiger partial charge in [-0.1, -0.05) is 19.1 Å². The van der Waals surface area contributed by atoms with Crippen LogP contribution in [0, 0.1) is 5.92 Å². The van der Waals surface area contributed by atoms with Gasteiger partial charge in [0.25, 0.3) is 11.1 Å². The zero-order chi connectivity index (χ0) is 19.1. The van der Waals surface area contributed by atoms with Gasteiger partial charge < -0.3 is 9.15 Å². The first-order valence-corrected chi connectivity index (χ1v) is 10.8. The molecule has 1 aliphatic carbocycles. The van der Waals surface area contributed by atoms with E-state index in [2.05, 4.69) is 27.1 Å². The van der Waals surface area contributed by atoms with Gasteiger partial charge in [-0.2, -0.15) is 0 Å². The Morgan fingerprint density at radius 3 is 3.00 bits per heavy atom.